The Morgan fingerprint density at radius 2 is 2.23 bits per heavy atom. The second-order valence-electron chi connectivity index (χ2n) is 7.88. The number of anilines is 2. The fourth-order valence-corrected chi connectivity index (χ4v) is 5.48. The van der Waals surface area contributed by atoms with Gasteiger partial charge in [0.1, 0.15) is 11.3 Å². The fourth-order valence-electron chi connectivity index (χ4n) is 3.82. The molecule has 0 fully saturated rings. The van der Waals surface area contributed by atoms with Gasteiger partial charge in [0.2, 0.25) is 5.95 Å². The van der Waals surface area contributed by atoms with Crippen LogP contribution in [0.1, 0.15) is 45.3 Å². The molecule has 2 N–H and O–H groups in total. The first-order valence-electron chi connectivity index (χ1n) is 10.2. The van der Waals surface area contributed by atoms with Gasteiger partial charge in [-0.15, -0.1) is 16.4 Å². The van der Waals surface area contributed by atoms with E-state index in [2.05, 4.69) is 52.8 Å². The Bertz CT molecular complexity index is 1120. The normalized spacial score (nSPS) is 15.3. The van der Waals surface area contributed by atoms with E-state index < -0.39 is 0 Å². The lowest BCUT2D eigenvalue weighted by molar-refractivity contribution is 0.0601. The third kappa shape index (κ3) is 4.94. The number of hydrogen-bond acceptors (Lipinski definition) is 6. The molecule has 7 nitrogen and oxygen atoms in total. The number of rotatable bonds is 5. The molecular weight excluding hydrogens is 430 g/mol. The Morgan fingerprint density at radius 3 is 3.00 bits per heavy atom. The molecule has 4 rings (SSSR count). The molecule has 1 aliphatic rings. The van der Waals surface area contributed by atoms with E-state index in [0.29, 0.717) is 34.1 Å². The number of carbonyl (C=O) groups is 1. The molecule has 0 bridgehead atoms. The van der Waals surface area contributed by atoms with Gasteiger partial charge in [-0.05, 0) is 55.4 Å². The Labute approximate surface area is 190 Å². The molecular formula is C22H25N5O2S2. The average Bonchev–Trinajstić information content (AvgIpc) is 3.30. The van der Waals surface area contributed by atoms with E-state index in [9.17, 15) is 4.79 Å². The number of benzene rings is 1. The minimum atomic E-state index is -0.335. The maximum absolute atomic E-state index is 12.4. The molecule has 0 radical (unpaired) electrons. The van der Waals surface area contributed by atoms with Crippen LogP contribution in [0.5, 0.6) is 0 Å². The van der Waals surface area contributed by atoms with Gasteiger partial charge in [-0.1, -0.05) is 36.8 Å². The number of hydrogen-bond donors (Lipinski definition) is 2. The van der Waals surface area contributed by atoms with Gasteiger partial charge in [0.05, 0.1) is 19.2 Å². The molecule has 1 unspecified atom stereocenters. The maximum Gasteiger partial charge on any atom is 0.341 e. The summed E-state index contributed by atoms with van der Waals surface area (Å²) in [5.41, 5.74) is 4.03. The summed E-state index contributed by atoms with van der Waals surface area (Å²) in [6.07, 6.45) is 4.58. The van der Waals surface area contributed by atoms with Crippen molar-refractivity contribution in [3.05, 3.63) is 57.7 Å². The van der Waals surface area contributed by atoms with Gasteiger partial charge in [0, 0.05) is 4.88 Å². The van der Waals surface area contributed by atoms with Gasteiger partial charge in [-0.2, -0.15) is 0 Å². The topological polar surface area (TPSA) is 81.1 Å². The smallest absolute Gasteiger partial charge is 0.341 e. The van der Waals surface area contributed by atoms with Gasteiger partial charge in [-0.3, -0.25) is 5.32 Å². The summed E-state index contributed by atoms with van der Waals surface area (Å²) >= 11 is 7.03. The number of nitrogens with zero attached hydrogens (tertiary/aromatic N) is 3. The summed E-state index contributed by atoms with van der Waals surface area (Å²) in [4.78, 5) is 18.0. The number of carbonyl (C=O) groups excluding carboxylic acids is 1. The molecule has 162 valence electrons. The summed E-state index contributed by atoms with van der Waals surface area (Å²) in [6.45, 7) is 4.92. The van der Waals surface area contributed by atoms with Crippen molar-refractivity contribution in [3.8, 4) is 0 Å². The molecule has 0 spiro atoms. The van der Waals surface area contributed by atoms with Crippen molar-refractivity contribution in [3.63, 3.8) is 0 Å². The molecule has 1 atom stereocenters. The van der Waals surface area contributed by atoms with Crippen molar-refractivity contribution in [1.82, 2.24) is 14.8 Å². The monoisotopic (exact) mass is 455 g/mol. The van der Waals surface area contributed by atoms with Crippen LogP contribution in [0.15, 0.2) is 30.6 Å². The van der Waals surface area contributed by atoms with E-state index in [4.69, 9.17) is 17.0 Å². The lowest BCUT2D eigenvalue weighted by Crippen LogP contribution is -2.21. The molecule has 0 saturated heterocycles. The van der Waals surface area contributed by atoms with Crippen LogP contribution >= 0.6 is 23.6 Å². The third-order valence-corrected chi connectivity index (χ3v) is 6.69. The van der Waals surface area contributed by atoms with Crippen molar-refractivity contribution in [2.24, 2.45) is 5.92 Å². The van der Waals surface area contributed by atoms with E-state index in [0.717, 1.165) is 30.4 Å². The molecule has 2 aromatic heterocycles. The third-order valence-electron chi connectivity index (χ3n) is 5.32. The van der Waals surface area contributed by atoms with Crippen LogP contribution in [-0.4, -0.2) is 33.0 Å². The van der Waals surface area contributed by atoms with Crippen LogP contribution in [0.3, 0.4) is 0 Å². The highest BCUT2D eigenvalue weighted by Crippen LogP contribution is 2.40. The first-order valence-corrected chi connectivity index (χ1v) is 11.4. The largest absolute Gasteiger partial charge is 0.465 e. The number of methoxy groups -OCH3 is 1. The van der Waals surface area contributed by atoms with Crippen molar-refractivity contribution >= 4 is 45.6 Å². The molecule has 9 heteroatoms. The Kier molecular flexibility index (Phi) is 6.33. The van der Waals surface area contributed by atoms with E-state index >= 15 is 0 Å². The zero-order chi connectivity index (χ0) is 22.0. The zero-order valence-electron chi connectivity index (χ0n) is 17.8. The molecule has 3 aromatic rings. The molecule has 0 amide bonds. The summed E-state index contributed by atoms with van der Waals surface area (Å²) in [5.74, 6) is 0.675. The zero-order valence-corrected chi connectivity index (χ0v) is 19.4. The predicted molar refractivity (Wildman–Crippen MR) is 127 cm³/mol. The number of thiophene rings is 1. The lowest BCUT2D eigenvalue weighted by atomic mass is 9.88. The van der Waals surface area contributed by atoms with E-state index in [1.54, 1.807) is 22.3 Å². The van der Waals surface area contributed by atoms with E-state index in [1.807, 2.05) is 6.07 Å². The van der Waals surface area contributed by atoms with Gasteiger partial charge in [0.25, 0.3) is 0 Å². The molecule has 0 aliphatic heterocycles. The van der Waals surface area contributed by atoms with Crippen molar-refractivity contribution < 1.29 is 9.53 Å². The SMILES string of the molecule is COC(=O)c1c(NC(=S)Nc2ncn(Cc3cccc(C)c3)n2)sc2c1CCC(C)C2. The number of fused-ring (bicyclic) bond motifs is 1. The fraction of sp³-hybridized carbons (Fsp3) is 0.364. The van der Waals surface area contributed by atoms with E-state index in [1.165, 1.54) is 17.6 Å². The Balaban J connectivity index is 1.46. The van der Waals surface area contributed by atoms with Crippen LogP contribution in [0.4, 0.5) is 10.9 Å². The second-order valence-corrected chi connectivity index (χ2v) is 9.39. The van der Waals surface area contributed by atoms with Crippen LogP contribution in [0.25, 0.3) is 0 Å². The quantitative estimate of drug-likeness (QED) is 0.435. The Hall–Kier alpha value is -2.78. The van der Waals surface area contributed by atoms with Crippen LogP contribution in [0, 0.1) is 12.8 Å². The highest BCUT2D eigenvalue weighted by atomic mass is 32.1. The van der Waals surface area contributed by atoms with Crippen LogP contribution in [-0.2, 0) is 24.1 Å². The summed E-state index contributed by atoms with van der Waals surface area (Å²) in [7, 11) is 1.41. The second kappa shape index (κ2) is 9.15. The lowest BCUT2D eigenvalue weighted by Gasteiger charge is -2.18. The molecule has 31 heavy (non-hydrogen) atoms. The van der Waals surface area contributed by atoms with Gasteiger partial charge in [-0.25, -0.2) is 14.5 Å². The number of nitrogens with one attached hydrogen (secondary N) is 2. The standard InChI is InChI=1S/C22H25N5O2S2/c1-13-5-4-6-15(9-13)11-27-12-23-21(26-27)25-22(30)24-19-18(20(28)29-3)16-8-7-14(2)10-17(16)31-19/h4-6,9,12,14H,7-8,10-11H2,1-3H3,(H2,24,25,26,30). The van der Waals surface area contributed by atoms with Gasteiger partial charge in [0.15, 0.2) is 5.11 Å². The molecule has 1 aliphatic carbocycles. The number of ether oxygens (including phenoxy) is 1. The minimum Gasteiger partial charge on any atom is -0.465 e. The van der Waals surface area contributed by atoms with E-state index in [-0.39, 0.29) is 5.97 Å². The van der Waals surface area contributed by atoms with Crippen LogP contribution in [0.2, 0.25) is 0 Å². The minimum absolute atomic E-state index is 0.335. The summed E-state index contributed by atoms with van der Waals surface area (Å²) < 4.78 is 6.79. The molecule has 2 heterocycles. The Morgan fingerprint density at radius 1 is 1.39 bits per heavy atom. The predicted octanol–water partition coefficient (Wildman–Crippen LogP) is 4.42. The number of esters is 1. The first kappa shape index (κ1) is 21.5. The highest BCUT2D eigenvalue weighted by Gasteiger charge is 2.28. The highest BCUT2D eigenvalue weighted by molar-refractivity contribution is 7.80. The van der Waals surface area contributed by atoms with Crippen LogP contribution < -0.4 is 10.6 Å². The maximum atomic E-state index is 12.4. The van der Waals surface area contributed by atoms with Crippen molar-refractivity contribution in [2.45, 2.75) is 39.7 Å². The number of aryl methyl sites for hydroxylation is 1. The molecule has 0 saturated carbocycles. The number of thiocarbonyl (C=S) groups is 1. The van der Waals surface area contributed by atoms with Crippen molar-refractivity contribution in [1.29, 1.82) is 0 Å². The first-order chi connectivity index (χ1) is 14.9. The summed E-state index contributed by atoms with van der Waals surface area (Å²) in [5, 5.41) is 11.7. The molecule has 1 aromatic carbocycles. The van der Waals surface area contributed by atoms with Gasteiger partial charge < -0.3 is 10.1 Å². The summed E-state index contributed by atoms with van der Waals surface area (Å²) in [6, 6.07) is 8.27. The van der Waals surface area contributed by atoms with Gasteiger partial charge >= 0.3 is 5.97 Å². The average molecular weight is 456 g/mol. The number of aromatic nitrogens is 3. The van der Waals surface area contributed by atoms with Crippen molar-refractivity contribution in [2.75, 3.05) is 17.7 Å².